The maximum Gasteiger partial charge on any atom is 0.338 e. The van der Waals surface area contributed by atoms with Crippen molar-refractivity contribution in [3.8, 4) is 0 Å². The van der Waals surface area contributed by atoms with Gasteiger partial charge in [-0.3, -0.25) is 0 Å². The van der Waals surface area contributed by atoms with Crippen LogP contribution >= 0.6 is 11.8 Å². The van der Waals surface area contributed by atoms with Gasteiger partial charge >= 0.3 is 5.97 Å². The lowest BCUT2D eigenvalue weighted by Crippen LogP contribution is -2.11. The van der Waals surface area contributed by atoms with E-state index in [9.17, 15) is 9.90 Å². The Morgan fingerprint density at radius 3 is 2.62 bits per heavy atom. The second-order valence-electron chi connectivity index (χ2n) is 4.79. The van der Waals surface area contributed by atoms with E-state index in [2.05, 4.69) is 24.4 Å². The van der Waals surface area contributed by atoms with Gasteiger partial charge in [-0.2, -0.15) is 0 Å². The number of carboxylic acid groups (broad SMARTS) is 1. The van der Waals surface area contributed by atoms with Crippen molar-refractivity contribution in [2.75, 3.05) is 18.1 Å². The summed E-state index contributed by atoms with van der Waals surface area (Å²) in [5.41, 5.74) is 3.58. The van der Waals surface area contributed by atoms with Gasteiger partial charge in [0.15, 0.2) is 0 Å². The van der Waals surface area contributed by atoms with Gasteiger partial charge in [0.2, 0.25) is 0 Å². The third kappa shape index (κ3) is 3.79. The predicted molar refractivity (Wildman–Crippen MR) is 88.6 cm³/mol. The molecule has 0 saturated heterocycles. The van der Waals surface area contributed by atoms with E-state index >= 15 is 0 Å². The Morgan fingerprint density at radius 1 is 1.19 bits per heavy atom. The number of rotatable bonds is 6. The minimum absolute atomic E-state index is 0.356. The molecule has 0 aliphatic rings. The van der Waals surface area contributed by atoms with Crippen molar-refractivity contribution < 1.29 is 9.90 Å². The minimum Gasteiger partial charge on any atom is -0.478 e. The Kier molecular flexibility index (Phi) is 5.28. The number of nitrogens with one attached hydrogen (secondary N) is 1. The highest BCUT2D eigenvalue weighted by Crippen LogP contribution is 2.27. The molecule has 2 aromatic carbocycles. The number of hydrogen-bond acceptors (Lipinski definition) is 3. The van der Waals surface area contributed by atoms with E-state index in [1.807, 2.05) is 36.6 Å². The highest BCUT2D eigenvalue weighted by Gasteiger charge is 2.14. The van der Waals surface area contributed by atoms with Crippen molar-refractivity contribution in [1.82, 2.24) is 0 Å². The normalized spacial score (nSPS) is 10.4. The van der Waals surface area contributed by atoms with E-state index in [1.165, 1.54) is 22.9 Å². The van der Waals surface area contributed by atoms with Crippen LogP contribution in [0.5, 0.6) is 0 Å². The van der Waals surface area contributed by atoms with Gasteiger partial charge in [-0.15, -0.1) is 11.8 Å². The lowest BCUT2D eigenvalue weighted by molar-refractivity contribution is 0.0694. The molecule has 0 fully saturated rings. The van der Waals surface area contributed by atoms with E-state index in [4.69, 9.17) is 0 Å². The molecule has 0 radical (unpaired) electrons. The average Bonchev–Trinajstić information content (AvgIpc) is 2.48. The molecule has 0 heterocycles. The number of hydrogen-bond donors (Lipinski definition) is 2. The van der Waals surface area contributed by atoms with Gasteiger partial charge in [0, 0.05) is 17.1 Å². The second-order valence-corrected chi connectivity index (χ2v) is 5.64. The Hall–Kier alpha value is -1.94. The van der Waals surface area contributed by atoms with Crippen LogP contribution in [0.3, 0.4) is 0 Å². The third-order valence-corrected chi connectivity index (χ3v) is 4.21. The van der Waals surface area contributed by atoms with Gasteiger partial charge in [0.25, 0.3) is 0 Å². The summed E-state index contributed by atoms with van der Waals surface area (Å²) in [6.45, 7) is 2.80. The molecule has 0 atom stereocenters. The molecule has 2 rings (SSSR count). The fourth-order valence-electron chi connectivity index (χ4n) is 2.29. The molecule has 2 aromatic rings. The fourth-order valence-corrected chi connectivity index (χ4v) is 2.91. The largest absolute Gasteiger partial charge is 0.478 e. The summed E-state index contributed by atoms with van der Waals surface area (Å²) in [5, 5.41) is 12.6. The van der Waals surface area contributed by atoms with Gasteiger partial charge in [0.05, 0.1) is 5.56 Å². The van der Waals surface area contributed by atoms with Crippen LogP contribution in [-0.4, -0.2) is 23.9 Å². The Bertz CT molecular complexity index is 640. The molecule has 4 heteroatoms. The van der Waals surface area contributed by atoms with Gasteiger partial charge < -0.3 is 10.4 Å². The lowest BCUT2D eigenvalue weighted by atomic mass is 10.1. The second kappa shape index (κ2) is 7.18. The molecule has 0 aliphatic carbocycles. The van der Waals surface area contributed by atoms with Crippen molar-refractivity contribution in [2.24, 2.45) is 0 Å². The Balaban J connectivity index is 2.10. The first kappa shape index (κ1) is 15.4. The Morgan fingerprint density at radius 2 is 1.95 bits per heavy atom. The predicted octanol–water partition coefficient (Wildman–Crippen LogP) is 4.07. The first-order chi connectivity index (χ1) is 10.1. The third-order valence-electron chi connectivity index (χ3n) is 3.43. The molecule has 2 N–H and O–H groups in total. The standard InChI is InChI=1S/C17H19NO2S/c1-12-6-3-4-7-13(12)10-11-18-14-8-5-9-15(21-2)16(14)17(19)20/h3-9,18H,10-11H2,1-2H3,(H,19,20). The summed E-state index contributed by atoms with van der Waals surface area (Å²) in [6, 6.07) is 13.8. The van der Waals surface area contributed by atoms with Crippen molar-refractivity contribution in [3.05, 3.63) is 59.2 Å². The number of thioether (sulfide) groups is 1. The number of aryl methyl sites for hydroxylation is 1. The minimum atomic E-state index is -0.890. The zero-order valence-electron chi connectivity index (χ0n) is 12.2. The van der Waals surface area contributed by atoms with Crippen molar-refractivity contribution in [3.63, 3.8) is 0 Å². The van der Waals surface area contributed by atoms with Crippen LogP contribution in [0.25, 0.3) is 0 Å². The Labute approximate surface area is 129 Å². The first-order valence-corrected chi connectivity index (χ1v) is 8.04. The van der Waals surface area contributed by atoms with Gasteiger partial charge in [-0.05, 0) is 42.9 Å². The van der Waals surface area contributed by atoms with E-state index in [0.29, 0.717) is 17.8 Å². The van der Waals surface area contributed by atoms with E-state index in [1.54, 1.807) is 0 Å². The summed E-state index contributed by atoms with van der Waals surface area (Å²) in [7, 11) is 0. The van der Waals surface area contributed by atoms with Crippen LogP contribution in [0.4, 0.5) is 5.69 Å². The molecular formula is C17H19NO2S. The van der Waals surface area contributed by atoms with Crippen LogP contribution in [0, 0.1) is 6.92 Å². The highest BCUT2D eigenvalue weighted by molar-refractivity contribution is 7.98. The number of carbonyl (C=O) groups is 1. The van der Waals surface area contributed by atoms with E-state index in [-0.39, 0.29) is 0 Å². The zero-order chi connectivity index (χ0) is 15.2. The number of carboxylic acids is 1. The van der Waals surface area contributed by atoms with Crippen molar-refractivity contribution in [2.45, 2.75) is 18.2 Å². The maximum atomic E-state index is 11.4. The van der Waals surface area contributed by atoms with Crippen molar-refractivity contribution >= 4 is 23.4 Å². The molecular weight excluding hydrogens is 282 g/mol. The van der Waals surface area contributed by atoms with E-state index < -0.39 is 5.97 Å². The molecule has 0 aromatic heterocycles. The zero-order valence-corrected chi connectivity index (χ0v) is 13.0. The van der Waals surface area contributed by atoms with Crippen LogP contribution in [-0.2, 0) is 6.42 Å². The average molecular weight is 301 g/mol. The SMILES string of the molecule is CSc1cccc(NCCc2ccccc2C)c1C(=O)O. The smallest absolute Gasteiger partial charge is 0.338 e. The molecule has 0 unspecified atom stereocenters. The highest BCUT2D eigenvalue weighted by atomic mass is 32.2. The van der Waals surface area contributed by atoms with Gasteiger partial charge in [-0.25, -0.2) is 4.79 Å². The summed E-state index contributed by atoms with van der Waals surface area (Å²) in [5.74, 6) is -0.890. The van der Waals surface area contributed by atoms with Gasteiger partial charge in [-0.1, -0.05) is 30.3 Å². The lowest BCUT2D eigenvalue weighted by Gasteiger charge is -2.13. The number of benzene rings is 2. The molecule has 0 bridgehead atoms. The quantitative estimate of drug-likeness (QED) is 0.790. The molecule has 110 valence electrons. The molecule has 0 spiro atoms. The van der Waals surface area contributed by atoms with Crippen LogP contribution < -0.4 is 5.32 Å². The summed E-state index contributed by atoms with van der Waals surface area (Å²) in [6.07, 6.45) is 2.76. The van der Waals surface area contributed by atoms with Crippen LogP contribution in [0.15, 0.2) is 47.4 Å². The van der Waals surface area contributed by atoms with Crippen molar-refractivity contribution in [1.29, 1.82) is 0 Å². The molecule has 0 saturated carbocycles. The summed E-state index contributed by atoms with van der Waals surface area (Å²) in [4.78, 5) is 12.2. The molecule has 0 amide bonds. The van der Waals surface area contributed by atoms with Crippen LogP contribution in [0.2, 0.25) is 0 Å². The van der Waals surface area contributed by atoms with E-state index in [0.717, 1.165) is 11.3 Å². The fraction of sp³-hybridized carbons (Fsp3) is 0.235. The monoisotopic (exact) mass is 301 g/mol. The van der Waals surface area contributed by atoms with Gasteiger partial charge in [0.1, 0.15) is 0 Å². The topological polar surface area (TPSA) is 49.3 Å². The molecule has 0 aliphatic heterocycles. The first-order valence-electron chi connectivity index (χ1n) is 6.82. The maximum absolute atomic E-state index is 11.4. The molecule has 3 nitrogen and oxygen atoms in total. The summed E-state index contributed by atoms with van der Waals surface area (Å²) < 4.78 is 0. The number of anilines is 1. The number of aromatic carboxylic acids is 1. The molecule has 21 heavy (non-hydrogen) atoms. The summed E-state index contributed by atoms with van der Waals surface area (Å²) >= 11 is 1.45. The van der Waals surface area contributed by atoms with Crippen LogP contribution in [0.1, 0.15) is 21.5 Å².